The highest BCUT2D eigenvalue weighted by Crippen LogP contribution is 2.42. The van der Waals surface area contributed by atoms with Gasteiger partial charge in [0.25, 0.3) is 0 Å². The van der Waals surface area contributed by atoms with Crippen molar-refractivity contribution in [2.75, 3.05) is 0 Å². The molecule has 0 spiro atoms. The molecule has 0 aliphatic carbocycles. The minimum Gasteiger partial charge on any atom is -0.456 e. The molecule has 0 fully saturated rings. The summed E-state index contributed by atoms with van der Waals surface area (Å²) in [6.45, 7) is 0. The summed E-state index contributed by atoms with van der Waals surface area (Å²) in [5, 5.41) is 4.63. The third-order valence-corrected chi connectivity index (χ3v) is 10.7. The fraction of sp³-hybridized carbons (Fsp3) is 0. The topological polar surface area (TPSA) is 56.7 Å². The van der Waals surface area contributed by atoms with E-state index in [-0.39, 0.29) is 0 Å². The molecule has 0 bridgehead atoms. The zero-order valence-corrected chi connectivity index (χ0v) is 30.2. The number of rotatable bonds is 6. The molecule has 0 saturated heterocycles. The van der Waals surface area contributed by atoms with Crippen LogP contribution in [0, 0.1) is 0 Å². The molecular weight excluding hydrogens is 685 g/mol. The first-order valence-electron chi connectivity index (χ1n) is 18.8. The maximum absolute atomic E-state index is 6.27. The molecule has 11 aromatic rings. The van der Waals surface area contributed by atoms with Crippen molar-refractivity contribution in [1.82, 2.24) is 19.5 Å². The molecule has 0 aliphatic rings. The lowest BCUT2D eigenvalue weighted by atomic mass is 9.98. The molecular formula is C51H32N4O. The van der Waals surface area contributed by atoms with Crippen LogP contribution >= 0.6 is 0 Å². The van der Waals surface area contributed by atoms with Crippen molar-refractivity contribution in [1.29, 1.82) is 0 Å². The van der Waals surface area contributed by atoms with Gasteiger partial charge in [0.1, 0.15) is 11.2 Å². The molecule has 0 N–H and O–H groups in total. The monoisotopic (exact) mass is 716 g/mol. The normalized spacial score (nSPS) is 11.6. The second-order valence-electron chi connectivity index (χ2n) is 14.0. The van der Waals surface area contributed by atoms with Crippen LogP contribution in [0.2, 0.25) is 0 Å². The SMILES string of the molecule is c1ccc(-c2nc(-c3ccccc3)nc(-c3ccc(-n4c5ccccc5c5cc(-c6cccc7oc8ccccc8c67)ccc54)c(-c4ccccc4)c3)n2)cc1. The van der Waals surface area contributed by atoms with Gasteiger partial charge in [0.15, 0.2) is 17.5 Å². The summed E-state index contributed by atoms with van der Waals surface area (Å²) in [6.07, 6.45) is 0. The second-order valence-corrected chi connectivity index (χ2v) is 14.0. The molecule has 8 aromatic carbocycles. The molecule has 5 nitrogen and oxygen atoms in total. The Morgan fingerprint density at radius 1 is 0.339 bits per heavy atom. The smallest absolute Gasteiger partial charge is 0.164 e. The van der Waals surface area contributed by atoms with E-state index >= 15 is 0 Å². The van der Waals surface area contributed by atoms with Gasteiger partial charge in [-0.1, -0.05) is 146 Å². The van der Waals surface area contributed by atoms with Crippen LogP contribution in [0.3, 0.4) is 0 Å². The van der Waals surface area contributed by atoms with E-state index in [9.17, 15) is 0 Å². The summed E-state index contributed by atoms with van der Waals surface area (Å²) in [5.74, 6) is 1.89. The Kier molecular flexibility index (Phi) is 7.42. The minimum absolute atomic E-state index is 0.620. The average Bonchev–Trinajstić information content (AvgIpc) is 3.82. The van der Waals surface area contributed by atoms with Crippen molar-refractivity contribution in [2.45, 2.75) is 0 Å². The van der Waals surface area contributed by atoms with Crippen LogP contribution in [-0.2, 0) is 0 Å². The predicted molar refractivity (Wildman–Crippen MR) is 229 cm³/mol. The Hall–Kier alpha value is -7.63. The van der Waals surface area contributed by atoms with Crippen LogP contribution in [0.5, 0.6) is 0 Å². The maximum Gasteiger partial charge on any atom is 0.164 e. The third-order valence-electron chi connectivity index (χ3n) is 10.7. The fourth-order valence-corrected chi connectivity index (χ4v) is 8.07. The molecule has 3 heterocycles. The average molecular weight is 717 g/mol. The van der Waals surface area contributed by atoms with Crippen molar-refractivity contribution < 1.29 is 4.42 Å². The molecule has 56 heavy (non-hydrogen) atoms. The van der Waals surface area contributed by atoms with Gasteiger partial charge in [-0.2, -0.15) is 0 Å². The predicted octanol–water partition coefficient (Wildman–Crippen LogP) is 13.2. The largest absolute Gasteiger partial charge is 0.456 e. The van der Waals surface area contributed by atoms with Gasteiger partial charge >= 0.3 is 0 Å². The van der Waals surface area contributed by atoms with Crippen molar-refractivity contribution >= 4 is 43.7 Å². The highest BCUT2D eigenvalue weighted by atomic mass is 16.3. The highest BCUT2D eigenvalue weighted by Gasteiger charge is 2.20. The number of benzene rings is 8. The van der Waals surface area contributed by atoms with Gasteiger partial charge in [-0.3, -0.25) is 0 Å². The van der Waals surface area contributed by atoms with E-state index in [1.165, 1.54) is 10.8 Å². The van der Waals surface area contributed by atoms with Crippen molar-refractivity contribution in [3.8, 4) is 62.1 Å². The molecule has 262 valence electrons. The summed E-state index contributed by atoms with van der Waals surface area (Å²) in [7, 11) is 0. The third kappa shape index (κ3) is 5.29. The number of furan rings is 1. The van der Waals surface area contributed by atoms with E-state index in [0.29, 0.717) is 17.5 Å². The Labute approximate surface area is 322 Å². The standard InChI is InChI=1S/C51H32N4O/c1-4-15-33(16-5-1)41-32-37(51-53-49(34-17-6-2-7-18-34)52-50(54-51)35-19-8-3-9-20-35)28-30-44(41)55-43-24-12-10-21-39(43)42-31-36(27-29-45(42)55)38-23-14-26-47-48(38)40-22-11-13-25-46(40)56-47/h1-32H. The van der Waals surface area contributed by atoms with Gasteiger partial charge in [0, 0.05) is 43.8 Å². The van der Waals surface area contributed by atoms with Crippen molar-refractivity contribution in [3.63, 3.8) is 0 Å². The van der Waals surface area contributed by atoms with Gasteiger partial charge in [-0.15, -0.1) is 0 Å². The molecule has 0 aliphatic heterocycles. The summed E-state index contributed by atoms with van der Waals surface area (Å²) in [5.41, 5.74) is 12.4. The Balaban J connectivity index is 1.12. The van der Waals surface area contributed by atoms with Gasteiger partial charge in [0.2, 0.25) is 0 Å². The summed E-state index contributed by atoms with van der Waals surface area (Å²) < 4.78 is 8.67. The molecule has 5 heteroatoms. The van der Waals surface area contributed by atoms with E-state index < -0.39 is 0 Å². The van der Waals surface area contributed by atoms with Crippen LogP contribution in [0.25, 0.3) is 106 Å². The summed E-state index contributed by atoms with van der Waals surface area (Å²) >= 11 is 0. The first-order chi connectivity index (χ1) is 27.8. The van der Waals surface area contributed by atoms with E-state index in [0.717, 1.165) is 77.6 Å². The van der Waals surface area contributed by atoms with Gasteiger partial charge in [-0.25, -0.2) is 15.0 Å². The van der Waals surface area contributed by atoms with Crippen molar-refractivity contribution in [2.24, 2.45) is 0 Å². The molecule has 0 atom stereocenters. The second kappa shape index (κ2) is 13.0. The minimum atomic E-state index is 0.620. The zero-order valence-electron chi connectivity index (χ0n) is 30.2. The molecule has 0 saturated carbocycles. The van der Waals surface area contributed by atoms with Gasteiger partial charge in [-0.05, 0) is 65.2 Å². The van der Waals surface area contributed by atoms with E-state index in [1.54, 1.807) is 0 Å². The Bertz CT molecular complexity index is 3180. The number of aromatic nitrogens is 4. The van der Waals surface area contributed by atoms with Crippen LogP contribution < -0.4 is 0 Å². The number of nitrogens with zero attached hydrogens (tertiary/aromatic N) is 4. The molecule has 0 unspecified atom stereocenters. The number of para-hydroxylation sites is 2. The lowest BCUT2D eigenvalue weighted by Crippen LogP contribution is -2.02. The number of hydrogen-bond acceptors (Lipinski definition) is 4. The Morgan fingerprint density at radius 3 is 1.61 bits per heavy atom. The molecule has 0 radical (unpaired) electrons. The number of hydrogen-bond donors (Lipinski definition) is 0. The maximum atomic E-state index is 6.27. The van der Waals surface area contributed by atoms with Gasteiger partial charge < -0.3 is 8.98 Å². The lowest BCUT2D eigenvalue weighted by Gasteiger charge is -2.16. The fourth-order valence-electron chi connectivity index (χ4n) is 8.07. The highest BCUT2D eigenvalue weighted by molar-refractivity contribution is 6.15. The first kappa shape index (κ1) is 31.9. The van der Waals surface area contributed by atoms with Crippen LogP contribution in [0.1, 0.15) is 0 Å². The summed E-state index contributed by atoms with van der Waals surface area (Å²) in [4.78, 5) is 15.1. The molecule has 3 aromatic heterocycles. The number of fused-ring (bicyclic) bond motifs is 6. The van der Waals surface area contributed by atoms with E-state index in [4.69, 9.17) is 19.4 Å². The van der Waals surface area contributed by atoms with E-state index in [2.05, 4.69) is 126 Å². The first-order valence-corrected chi connectivity index (χ1v) is 18.8. The van der Waals surface area contributed by atoms with Crippen molar-refractivity contribution in [3.05, 3.63) is 194 Å². The van der Waals surface area contributed by atoms with Gasteiger partial charge in [0.05, 0.1) is 16.7 Å². The lowest BCUT2D eigenvalue weighted by molar-refractivity contribution is 0.669. The van der Waals surface area contributed by atoms with Crippen LogP contribution in [0.4, 0.5) is 0 Å². The molecule has 11 rings (SSSR count). The quantitative estimate of drug-likeness (QED) is 0.172. The Morgan fingerprint density at radius 2 is 0.893 bits per heavy atom. The molecule has 0 amide bonds. The summed E-state index contributed by atoms with van der Waals surface area (Å²) in [6, 6.07) is 67.5. The van der Waals surface area contributed by atoms with Crippen LogP contribution in [-0.4, -0.2) is 19.5 Å². The van der Waals surface area contributed by atoms with Crippen LogP contribution in [0.15, 0.2) is 199 Å². The zero-order chi connectivity index (χ0) is 37.0. The van der Waals surface area contributed by atoms with E-state index in [1.807, 2.05) is 72.8 Å².